The first-order valence-corrected chi connectivity index (χ1v) is 11.8. The highest BCUT2D eigenvalue weighted by Gasteiger charge is 2.29. The first kappa shape index (κ1) is 21.3. The van der Waals surface area contributed by atoms with E-state index >= 15 is 0 Å². The smallest absolute Gasteiger partial charge is 0.243 e. The maximum absolute atomic E-state index is 12.9. The van der Waals surface area contributed by atoms with Crippen LogP contribution in [-0.2, 0) is 20.0 Å². The predicted molar refractivity (Wildman–Crippen MR) is 103 cm³/mol. The monoisotopic (exact) mass is 403 g/mol. The van der Waals surface area contributed by atoms with Crippen molar-refractivity contribution in [3.8, 4) is 0 Å². The SMILES string of the molecule is Cc1ccc(C)c(S(=O)(=O)N2CCN(CCCS(=O)(=O)N(C)C)CC2)c1. The highest BCUT2D eigenvalue weighted by atomic mass is 32.2. The van der Waals surface area contributed by atoms with Gasteiger partial charge in [0.25, 0.3) is 0 Å². The minimum atomic E-state index is -3.49. The van der Waals surface area contributed by atoms with Crippen LogP contribution in [0.4, 0.5) is 0 Å². The third-order valence-corrected chi connectivity index (χ3v) is 8.68. The first-order valence-electron chi connectivity index (χ1n) is 8.74. The van der Waals surface area contributed by atoms with E-state index in [-0.39, 0.29) is 5.75 Å². The summed E-state index contributed by atoms with van der Waals surface area (Å²) in [5.41, 5.74) is 1.68. The molecule has 0 spiro atoms. The van der Waals surface area contributed by atoms with Crippen LogP contribution >= 0.6 is 0 Å². The van der Waals surface area contributed by atoms with Crippen molar-refractivity contribution in [2.75, 3.05) is 52.6 Å². The number of hydrogen-bond acceptors (Lipinski definition) is 5. The molecule has 26 heavy (non-hydrogen) atoms. The molecule has 7 nitrogen and oxygen atoms in total. The third kappa shape index (κ3) is 5.04. The van der Waals surface area contributed by atoms with Crippen LogP contribution in [0.25, 0.3) is 0 Å². The highest BCUT2D eigenvalue weighted by Crippen LogP contribution is 2.22. The molecule has 0 N–H and O–H groups in total. The van der Waals surface area contributed by atoms with Crippen LogP contribution in [0, 0.1) is 13.8 Å². The second kappa shape index (κ2) is 8.35. The van der Waals surface area contributed by atoms with Crippen LogP contribution in [0.1, 0.15) is 17.5 Å². The van der Waals surface area contributed by atoms with E-state index in [4.69, 9.17) is 0 Å². The van der Waals surface area contributed by atoms with Gasteiger partial charge in [-0.1, -0.05) is 12.1 Å². The molecule has 148 valence electrons. The van der Waals surface area contributed by atoms with Gasteiger partial charge in [0, 0.05) is 40.3 Å². The molecular formula is C17H29N3O4S2. The average molecular weight is 404 g/mol. The summed E-state index contributed by atoms with van der Waals surface area (Å²) in [7, 11) is -3.60. The van der Waals surface area contributed by atoms with E-state index < -0.39 is 20.0 Å². The molecule has 0 aliphatic carbocycles. The van der Waals surface area contributed by atoms with Gasteiger partial charge in [-0.05, 0) is 44.0 Å². The van der Waals surface area contributed by atoms with Gasteiger partial charge in [-0.15, -0.1) is 0 Å². The van der Waals surface area contributed by atoms with E-state index in [2.05, 4.69) is 4.90 Å². The molecule has 2 rings (SSSR count). The van der Waals surface area contributed by atoms with Crippen molar-refractivity contribution in [2.45, 2.75) is 25.2 Å². The quantitative estimate of drug-likeness (QED) is 0.676. The Balaban J connectivity index is 1.93. The number of aryl methyl sites for hydroxylation is 2. The minimum absolute atomic E-state index is 0.112. The van der Waals surface area contributed by atoms with E-state index in [0.717, 1.165) is 11.1 Å². The van der Waals surface area contributed by atoms with E-state index in [0.29, 0.717) is 44.0 Å². The first-order chi connectivity index (χ1) is 12.0. The van der Waals surface area contributed by atoms with Crippen molar-refractivity contribution in [3.63, 3.8) is 0 Å². The molecule has 0 bridgehead atoms. The molecule has 0 amide bonds. The zero-order chi connectivity index (χ0) is 19.5. The predicted octanol–water partition coefficient (Wildman–Crippen LogP) is 0.891. The Morgan fingerprint density at radius 3 is 2.19 bits per heavy atom. The van der Waals surface area contributed by atoms with Crippen LogP contribution in [0.3, 0.4) is 0 Å². The zero-order valence-electron chi connectivity index (χ0n) is 16.0. The number of rotatable bonds is 7. The summed E-state index contributed by atoms with van der Waals surface area (Å²) in [5, 5.41) is 0. The lowest BCUT2D eigenvalue weighted by atomic mass is 10.2. The molecule has 0 unspecified atom stereocenters. The molecule has 1 aromatic rings. The normalized spacial score (nSPS) is 17.7. The largest absolute Gasteiger partial charge is 0.301 e. The Bertz CT molecular complexity index is 828. The van der Waals surface area contributed by atoms with Crippen LogP contribution in [0.5, 0.6) is 0 Å². The Labute approximate surface area is 157 Å². The van der Waals surface area contributed by atoms with Crippen molar-refractivity contribution >= 4 is 20.0 Å². The van der Waals surface area contributed by atoms with E-state index in [1.807, 2.05) is 26.0 Å². The molecule has 1 heterocycles. The summed E-state index contributed by atoms with van der Waals surface area (Å²) >= 11 is 0. The fourth-order valence-electron chi connectivity index (χ4n) is 2.97. The van der Waals surface area contributed by atoms with E-state index in [1.165, 1.54) is 22.7 Å². The van der Waals surface area contributed by atoms with Crippen molar-refractivity contribution in [3.05, 3.63) is 29.3 Å². The Morgan fingerprint density at radius 2 is 1.62 bits per heavy atom. The molecular weight excluding hydrogens is 374 g/mol. The summed E-state index contributed by atoms with van der Waals surface area (Å²) in [5.74, 6) is 0.112. The van der Waals surface area contributed by atoms with Gasteiger partial charge in [0.15, 0.2) is 0 Å². The summed E-state index contributed by atoms with van der Waals surface area (Å²) in [6.07, 6.45) is 0.546. The number of piperazine rings is 1. The summed E-state index contributed by atoms with van der Waals surface area (Å²) in [6, 6.07) is 5.47. The van der Waals surface area contributed by atoms with Gasteiger partial charge < -0.3 is 4.90 Å². The van der Waals surface area contributed by atoms with Crippen molar-refractivity contribution in [2.24, 2.45) is 0 Å². The van der Waals surface area contributed by atoms with E-state index in [1.54, 1.807) is 6.07 Å². The maximum Gasteiger partial charge on any atom is 0.243 e. The lowest BCUT2D eigenvalue weighted by Gasteiger charge is -2.34. The third-order valence-electron chi connectivity index (χ3n) is 4.73. The second-order valence-electron chi connectivity index (χ2n) is 6.97. The molecule has 1 aliphatic rings. The van der Waals surface area contributed by atoms with Crippen LogP contribution in [0.2, 0.25) is 0 Å². The van der Waals surface area contributed by atoms with Crippen molar-refractivity contribution in [1.29, 1.82) is 0 Å². The van der Waals surface area contributed by atoms with Crippen molar-refractivity contribution < 1.29 is 16.8 Å². The molecule has 0 radical (unpaired) electrons. The fourth-order valence-corrected chi connectivity index (χ4v) is 5.56. The second-order valence-corrected chi connectivity index (χ2v) is 11.2. The molecule has 1 aromatic carbocycles. The zero-order valence-corrected chi connectivity index (χ0v) is 17.6. The average Bonchev–Trinajstić information content (AvgIpc) is 2.57. The maximum atomic E-state index is 12.9. The molecule has 1 fully saturated rings. The lowest BCUT2D eigenvalue weighted by Crippen LogP contribution is -2.49. The van der Waals surface area contributed by atoms with Crippen LogP contribution in [-0.4, -0.2) is 82.9 Å². The Kier molecular flexibility index (Phi) is 6.84. The molecule has 0 atom stereocenters. The number of hydrogen-bond donors (Lipinski definition) is 0. The topological polar surface area (TPSA) is 78.0 Å². The van der Waals surface area contributed by atoms with Gasteiger partial charge in [0.2, 0.25) is 20.0 Å². The van der Waals surface area contributed by atoms with Gasteiger partial charge in [-0.3, -0.25) is 0 Å². The molecule has 0 aromatic heterocycles. The summed E-state index contributed by atoms with van der Waals surface area (Å²) in [4.78, 5) is 2.50. The fraction of sp³-hybridized carbons (Fsp3) is 0.647. The van der Waals surface area contributed by atoms with Crippen LogP contribution in [0.15, 0.2) is 23.1 Å². The molecule has 0 saturated carbocycles. The summed E-state index contributed by atoms with van der Waals surface area (Å²) in [6.45, 7) is 6.45. The van der Waals surface area contributed by atoms with Gasteiger partial charge in [0.1, 0.15) is 0 Å². The Morgan fingerprint density at radius 1 is 1.00 bits per heavy atom. The number of benzene rings is 1. The number of nitrogens with zero attached hydrogens (tertiary/aromatic N) is 3. The number of sulfonamides is 2. The standard InChI is InChI=1S/C17H29N3O4S2/c1-15-6-7-16(2)17(14-15)26(23,24)20-11-9-19(10-12-20)8-5-13-25(21,22)18(3)4/h6-7,14H,5,8-13H2,1-4H3. The van der Waals surface area contributed by atoms with Gasteiger partial charge in [-0.2, -0.15) is 4.31 Å². The summed E-state index contributed by atoms with van der Waals surface area (Å²) < 4.78 is 52.2. The van der Waals surface area contributed by atoms with Crippen molar-refractivity contribution in [1.82, 2.24) is 13.5 Å². The Hall–Kier alpha value is -1.00. The molecule has 1 saturated heterocycles. The minimum Gasteiger partial charge on any atom is -0.301 e. The van der Waals surface area contributed by atoms with Gasteiger partial charge in [-0.25, -0.2) is 21.1 Å². The van der Waals surface area contributed by atoms with E-state index in [9.17, 15) is 16.8 Å². The lowest BCUT2D eigenvalue weighted by molar-refractivity contribution is 0.189. The highest BCUT2D eigenvalue weighted by molar-refractivity contribution is 7.89. The van der Waals surface area contributed by atoms with Crippen LogP contribution < -0.4 is 0 Å². The molecule has 1 aliphatic heterocycles. The van der Waals surface area contributed by atoms with Gasteiger partial charge >= 0.3 is 0 Å². The van der Waals surface area contributed by atoms with Gasteiger partial charge in [0.05, 0.1) is 10.6 Å². The molecule has 9 heteroatoms.